The molecule has 4 rings (SSSR count). The maximum Gasteiger partial charge on any atom is 0.187 e. The van der Waals surface area contributed by atoms with Crippen molar-refractivity contribution in [1.82, 2.24) is 5.01 Å². The molecule has 0 aliphatic carbocycles. The van der Waals surface area contributed by atoms with Crippen molar-refractivity contribution < 1.29 is 4.74 Å². The third kappa shape index (κ3) is 2.66. The lowest BCUT2D eigenvalue weighted by Crippen LogP contribution is -2.40. The van der Waals surface area contributed by atoms with Crippen LogP contribution in [-0.2, 0) is 0 Å². The first-order chi connectivity index (χ1) is 11.7. The van der Waals surface area contributed by atoms with Crippen LogP contribution in [0, 0.1) is 0 Å². The Kier molecular flexibility index (Phi) is 4.15. The molecule has 0 saturated carbocycles. The predicted octanol–water partition coefficient (Wildman–Crippen LogP) is 5.66. The largest absolute Gasteiger partial charge is 0.467 e. The van der Waals surface area contributed by atoms with E-state index in [1.54, 1.807) is 6.07 Å². The summed E-state index contributed by atoms with van der Waals surface area (Å²) in [6, 6.07) is 14.1. The van der Waals surface area contributed by atoms with Crippen molar-refractivity contribution in [3.63, 3.8) is 0 Å². The fraction of sp³-hybridized carbons (Fsp3) is 0.316. The molecule has 0 radical (unpaired) electrons. The van der Waals surface area contributed by atoms with Crippen molar-refractivity contribution in [2.75, 3.05) is 0 Å². The third-order valence-electron chi connectivity index (χ3n) is 4.53. The Morgan fingerprint density at radius 3 is 2.75 bits per heavy atom. The monoisotopic (exact) mass is 360 g/mol. The van der Waals surface area contributed by atoms with E-state index < -0.39 is 0 Å². The van der Waals surface area contributed by atoms with E-state index in [2.05, 4.69) is 24.1 Å². The molecule has 0 aromatic heterocycles. The first-order valence-corrected chi connectivity index (χ1v) is 8.99. The molecule has 0 unspecified atom stereocenters. The zero-order chi connectivity index (χ0) is 16.7. The van der Waals surface area contributed by atoms with Crippen LogP contribution in [0.1, 0.15) is 43.4 Å². The van der Waals surface area contributed by atoms with Crippen LogP contribution in [0.25, 0.3) is 0 Å². The zero-order valence-electron chi connectivity index (χ0n) is 13.4. The lowest BCUT2D eigenvalue weighted by Gasteiger charge is -2.38. The first-order valence-electron chi connectivity index (χ1n) is 8.24. The van der Waals surface area contributed by atoms with Crippen LogP contribution < -0.4 is 4.74 Å². The van der Waals surface area contributed by atoms with Gasteiger partial charge in [-0.15, -0.1) is 0 Å². The molecule has 2 aliphatic rings. The van der Waals surface area contributed by atoms with E-state index in [0.29, 0.717) is 10.0 Å². The Balaban J connectivity index is 1.77. The molecule has 124 valence electrons. The molecular weight excluding hydrogens is 343 g/mol. The number of hydrogen-bond donors (Lipinski definition) is 0. The van der Waals surface area contributed by atoms with Crippen LogP contribution in [0.5, 0.6) is 5.75 Å². The second-order valence-corrected chi connectivity index (χ2v) is 7.02. The van der Waals surface area contributed by atoms with E-state index in [4.69, 9.17) is 33.0 Å². The van der Waals surface area contributed by atoms with Crippen LogP contribution in [0.4, 0.5) is 0 Å². The fourth-order valence-corrected chi connectivity index (χ4v) is 3.98. The quantitative estimate of drug-likeness (QED) is 0.704. The van der Waals surface area contributed by atoms with Crippen LogP contribution in [0.3, 0.4) is 0 Å². The molecule has 24 heavy (non-hydrogen) atoms. The van der Waals surface area contributed by atoms with Gasteiger partial charge in [-0.3, -0.25) is 5.01 Å². The summed E-state index contributed by atoms with van der Waals surface area (Å²) in [6.45, 7) is 2.15. The summed E-state index contributed by atoms with van der Waals surface area (Å²) in [5.74, 6) is 0.755. The summed E-state index contributed by atoms with van der Waals surface area (Å²) >= 11 is 12.6. The summed E-state index contributed by atoms with van der Waals surface area (Å²) in [5.41, 5.74) is 3.25. The van der Waals surface area contributed by atoms with Gasteiger partial charge < -0.3 is 4.74 Å². The average molecular weight is 361 g/mol. The molecule has 3 nitrogen and oxygen atoms in total. The maximum absolute atomic E-state index is 6.39. The van der Waals surface area contributed by atoms with Crippen molar-refractivity contribution in [2.24, 2.45) is 5.10 Å². The Labute approximate surface area is 151 Å². The summed E-state index contributed by atoms with van der Waals surface area (Å²) < 4.78 is 6.18. The van der Waals surface area contributed by atoms with E-state index in [9.17, 15) is 0 Å². The highest BCUT2D eigenvalue weighted by Gasteiger charge is 2.40. The maximum atomic E-state index is 6.39. The van der Waals surface area contributed by atoms with E-state index in [1.807, 2.05) is 24.3 Å². The van der Waals surface area contributed by atoms with Gasteiger partial charge in [-0.2, -0.15) is 5.10 Å². The molecule has 0 saturated heterocycles. The summed E-state index contributed by atoms with van der Waals surface area (Å²) in [4.78, 5) is 0. The number of nitrogens with zero attached hydrogens (tertiary/aromatic N) is 2. The van der Waals surface area contributed by atoms with Crippen LogP contribution >= 0.6 is 23.2 Å². The number of benzene rings is 2. The van der Waals surface area contributed by atoms with Gasteiger partial charge in [0.25, 0.3) is 0 Å². The van der Waals surface area contributed by atoms with Crippen molar-refractivity contribution in [1.29, 1.82) is 0 Å². The highest BCUT2D eigenvalue weighted by molar-refractivity contribution is 6.35. The molecule has 0 bridgehead atoms. The topological polar surface area (TPSA) is 24.8 Å². The Morgan fingerprint density at radius 1 is 1.21 bits per heavy atom. The van der Waals surface area contributed by atoms with Crippen molar-refractivity contribution in [3.05, 3.63) is 63.6 Å². The standard InChI is InChI=1S/C19H18Cl2N2O/c1-2-6-18-23-17(11-16(22-23)12-7-4-3-5-8-12)14-9-13(20)10-15(21)19(14)24-18/h3-5,7-10,17-18H,2,6,11H2,1H3/t17-,18+/m0/s1. The van der Waals surface area contributed by atoms with E-state index in [1.165, 1.54) is 0 Å². The minimum atomic E-state index is -0.0904. The number of rotatable bonds is 3. The molecule has 0 amide bonds. The van der Waals surface area contributed by atoms with Gasteiger partial charge in [0.1, 0.15) is 5.75 Å². The van der Waals surface area contributed by atoms with Crippen LogP contribution in [-0.4, -0.2) is 16.9 Å². The third-order valence-corrected chi connectivity index (χ3v) is 5.03. The SMILES string of the molecule is CCC[C@H]1Oc2c(Cl)cc(Cl)cc2[C@@H]2CC(c3ccccc3)=NN12. The smallest absolute Gasteiger partial charge is 0.187 e. The molecule has 0 N–H and O–H groups in total. The Morgan fingerprint density at radius 2 is 2.00 bits per heavy atom. The number of ether oxygens (including phenoxy) is 1. The number of hydrogen-bond acceptors (Lipinski definition) is 3. The van der Waals surface area contributed by atoms with Gasteiger partial charge in [0.15, 0.2) is 6.23 Å². The van der Waals surface area contributed by atoms with Gasteiger partial charge in [-0.05, 0) is 17.7 Å². The lowest BCUT2D eigenvalue weighted by molar-refractivity contribution is -0.0222. The highest BCUT2D eigenvalue weighted by Crippen LogP contribution is 2.47. The second-order valence-electron chi connectivity index (χ2n) is 6.18. The number of hydrazone groups is 1. The molecular formula is C19H18Cl2N2O. The Bertz CT molecular complexity index is 791. The number of halogens is 2. The normalized spacial score (nSPS) is 21.8. The first kappa shape index (κ1) is 15.8. The van der Waals surface area contributed by atoms with Crippen molar-refractivity contribution >= 4 is 28.9 Å². The van der Waals surface area contributed by atoms with Crippen LogP contribution in [0.15, 0.2) is 47.6 Å². The lowest BCUT2D eigenvalue weighted by atomic mass is 9.96. The highest BCUT2D eigenvalue weighted by atomic mass is 35.5. The molecule has 0 fully saturated rings. The van der Waals surface area contributed by atoms with E-state index >= 15 is 0 Å². The van der Waals surface area contributed by atoms with Gasteiger partial charge in [-0.25, -0.2) is 0 Å². The van der Waals surface area contributed by atoms with Gasteiger partial charge in [-0.1, -0.05) is 66.9 Å². The summed E-state index contributed by atoms with van der Waals surface area (Å²) in [7, 11) is 0. The van der Waals surface area contributed by atoms with Crippen molar-refractivity contribution in [2.45, 2.75) is 38.5 Å². The van der Waals surface area contributed by atoms with Crippen molar-refractivity contribution in [3.8, 4) is 5.75 Å². The van der Waals surface area contributed by atoms with E-state index in [0.717, 1.165) is 41.9 Å². The predicted molar refractivity (Wildman–Crippen MR) is 98.0 cm³/mol. The summed E-state index contributed by atoms with van der Waals surface area (Å²) in [6.07, 6.45) is 2.66. The minimum absolute atomic E-state index is 0.0904. The molecule has 2 heterocycles. The second kappa shape index (κ2) is 6.30. The molecule has 0 spiro atoms. The van der Waals surface area contributed by atoms with Gasteiger partial charge in [0.2, 0.25) is 0 Å². The fourth-order valence-electron chi connectivity index (χ4n) is 3.43. The summed E-state index contributed by atoms with van der Waals surface area (Å²) in [5, 5.41) is 8.17. The zero-order valence-corrected chi connectivity index (χ0v) is 14.9. The minimum Gasteiger partial charge on any atom is -0.467 e. The molecule has 2 aromatic rings. The molecule has 5 heteroatoms. The van der Waals surface area contributed by atoms with Gasteiger partial charge >= 0.3 is 0 Å². The number of fused-ring (bicyclic) bond motifs is 3. The molecule has 2 aliphatic heterocycles. The average Bonchev–Trinajstić information content (AvgIpc) is 3.03. The molecule has 2 aromatic carbocycles. The molecule has 2 atom stereocenters. The van der Waals surface area contributed by atoms with E-state index in [-0.39, 0.29) is 12.3 Å². The van der Waals surface area contributed by atoms with Gasteiger partial charge in [0, 0.05) is 23.4 Å². The van der Waals surface area contributed by atoms with Crippen LogP contribution in [0.2, 0.25) is 10.0 Å². The van der Waals surface area contributed by atoms with Gasteiger partial charge in [0.05, 0.1) is 16.8 Å². The Hall–Kier alpha value is -1.71.